The Morgan fingerprint density at radius 2 is 1.89 bits per heavy atom. The first-order valence-corrected chi connectivity index (χ1v) is 9.30. The summed E-state index contributed by atoms with van der Waals surface area (Å²) in [7, 11) is -2.98. The van der Waals surface area contributed by atoms with Crippen LogP contribution in [-0.2, 0) is 19.6 Å². The second kappa shape index (κ2) is 8.58. The average molecular weight is 397 g/mol. The van der Waals surface area contributed by atoms with Crippen LogP contribution in [0, 0.1) is 15.9 Å². The van der Waals surface area contributed by atoms with E-state index in [1.54, 1.807) is 18.2 Å². The highest BCUT2D eigenvalue weighted by Gasteiger charge is 2.28. The van der Waals surface area contributed by atoms with Gasteiger partial charge < -0.3 is 8.92 Å². The molecule has 27 heavy (non-hydrogen) atoms. The fourth-order valence-corrected chi connectivity index (χ4v) is 3.39. The molecule has 0 saturated heterocycles. The number of non-ortho nitro benzene ring substituents is 1. The summed E-state index contributed by atoms with van der Waals surface area (Å²) in [4.78, 5) is 21.9. The summed E-state index contributed by atoms with van der Waals surface area (Å²) in [6.07, 6.45) is -0.323. The molecule has 0 aliphatic heterocycles. The number of hydrogen-bond acceptors (Lipinski definition) is 7. The summed E-state index contributed by atoms with van der Waals surface area (Å²) in [6, 6.07) is 10.5. The number of carbonyl (C=O) groups is 1. The van der Waals surface area contributed by atoms with Gasteiger partial charge in [0.05, 0.1) is 29.8 Å². The third-order valence-corrected chi connectivity index (χ3v) is 4.86. The minimum atomic E-state index is -4.05. The molecular formula is C17H16FNO7S. The number of halogens is 1. The number of methoxy groups -OCH3 is 1. The van der Waals surface area contributed by atoms with Crippen LogP contribution < -0.4 is 4.18 Å². The number of nitrogens with zero attached hydrogens (tertiary/aromatic N) is 1. The van der Waals surface area contributed by atoms with E-state index in [-0.39, 0.29) is 17.7 Å². The third kappa shape index (κ3) is 5.48. The Balaban J connectivity index is 2.20. The van der Waals surface area contributed by atoms with E-state index in [1.807, 2.05) is 0 Å². The Kier molecular flexibility index (Phi) is 6.45. The van der Waals surface area contributed by atoms with Gasteiger partial charge in [-0.05, 0) is 24.6 Å². The molecule has 0 saturated carbocycles. The molecule has 0 N–H and O–H groups in total. The van der Waals surface area contributed by atoms with Gasteiger partial charge in [0.1, 0.15) is 11.6 Å². The highest BCUT2D eigenvalue weighted by atomic mass is 32.2. The molecule has 0 fully saturated rings. The normalized spacial score (nSPS) is 12.2. The molecule has 0 amide bonds. The van der Waals surface area contributed by atoms with Crippen molar-refractivity contribution in [2.45, 2.75) is 12.3 Å². The van der Waals surface area contributed by atoms with E-state index in [4.69, 9.17) is 4.18 Å². The minimum absolute atomic E-state index is 0.105. The lowest BCUT2D eigenvalue weighted by molar-refractivity contribution is -0.385. The number of nitro groups is 1. The minimum Gasteiger partial charge on any atom is -0.469 e. The van der Waals surface area contributed by atoms with Gasteiger partial charge in [0.25, 0.3) is 5.69 Å². The van der Waals surface area contributed by atoms with Gasteiger partial charge in [0, 0.05) is 11.6 Å². The molecule has 0 radical (unpaired) electrons. The van der Waals surface area contributed by atoms with Crippen LogP contribution in [0.4, 0.5) is 10.1 Å². The number of ether oxygens (including phenoxy) is 1. The maximum atomic E-state index is 14.2. The summed E-state index contributed by atoms with van der Waals surface area (Å²) in [6.45, 7) is 0. The van der Waals surface area contributed by atoms with Gasteiger partial charge in [0.2, 0.25) is 0 Å². The van der Waals surface area contributed by atoms with Gasteiger partial charge in [-0.15, -0.1) is 0 Å². The molecule has 10 heteroatoms. The molecule has 8 nitrogen and oxygen atoms in total. The van der Waals surface area contributed by atoms with Gasteiger partial charge >= 0.3 is 16.1 Å². The van der Waals surface area contributed by atoms with Crippen LogP contribution in [0.3, 0.4) is 0 Å². The molecule has 0 aromatic heterocycles. The number of esters is 1. The maximum absolute atomic E-state index is 14.2. The fourth-order valence-electron chi connectivity index (χ4n) is 2.38. The molecule has 2 aromatic rings. The summed E-state index contributed by atoms with van der Waals surface area (Å²) in [5, 5.41) is 10.7. The molecule has 0 bridgehead atoms. The van der Waals surface area contributed by atoms with Crippen molar-refractivity contribution in [2.75, 3.05) is 12.9 Å². The Morgan fingerprint density at radius 3 is 2.44 bits per heavy atom. The van der Waals surface area contributed by atoms with E-state index in [0.717, 1.165) is 19.2 Å². The van der Waals surface area contributed by atoms with E-state index in [1.165, 1.54) is 12.1 Å². The van der Waals surface area contributed by atoms with Gasteiger partial charge in [-0.1, -0.05) is 18.2 Å². The van der Waals surface area contributed by atoms with Gasteiger partial charge in [-0.2, -0.15) is 8.42 Å². The smallest absolute Gasteiger partial charge is 0.313 e. The lowest BCUT2D eigenvalue weighted by Gasteiger charge is -2.16. The van der Waals surface area contributed by atoms with Crippen LogP contribution in [0.2, 0.25) is 0 Å². The number of carbonyl (C=O) groups excluding carboxylic acids is 1. The fraction of sp³-hybridized carbons (Fsp3) is 0.235. The number of rotatable bonds is 8. The number of para-hydroxylation sites is 1. The SMILES string of the molecule is COC(=O)C(CCS(=O)(=O)Oc1ccccc1)c1ccc([N+](=O)[O-])cc1F. The third-order valence-electron chi connectivity index (χ3n) is 3.68. The highest BCUT2D eigenvalue weighted by Crippen LogP contribution is 2.28. The Morgan fingerprint density at radius 1 is 1.22 bits per heavy atom. The Labute approximate surface area is 154 Å². The second-order valence-electron chi connectivity index (χ2n) is 5.49. The average Bonchev–Trinajstić information content (AvgIpc) is 2.62. The van der Waals surface area contributed by atoms with Gasteiger partial charge in [-0.3, -0.25) is 14.9 Å². The van der Waals surface area contributed by atoms with Crippen molar-refractivity contribution in [3.05, 3.63) is 70.0 Å². The zero-order valence-corrected chi connectivity index (χ0v) is 15.0. The molecular weight excluding hydrogens is 381 g/mol. The van der Waals surface area contributed by atoms with E-state index >= 15 is 0 Å². The van der Waals surface area contributed by atoms with Crippen LogP contribution in [-0.4, -0.2) is 32.2 Å². The second-order valence-corrected chi connectivity index (χ2v) is 7.18. The first-order valence-electron chi connectivity index (χ1n) is 7.72. The summed E-state index contributed by atoms with van der Waals surface area (Å²) < 4.78 is 48.0. The largest absolute Gasteiger partial charge is 0.469 e. The first-order chi connectivity index (χ1) is 12.7. The van der Waals surface area contributed by atoms with Gasteiger partial charge in [-0.25, -0.2) is 4.39 Å². The molecule has 1 atom stereocenters. The van der Waals surface area contributed by atoms with Crippen LogP contribution in [0.1, 0.15) is 17.9 Å². The first kappa shape index (κ1) is 20.3. The van der Waals surface area contributed by atoms with Crippen molar-refractivity contribution in [1.29, 1.82) is 0 Å². The van der Waals surface area contributed by atoms with E-state index in [9.17, 15) is 27.7 Å². The molecule has 0 heterocycles. The topological polar surface area (TPSA) is 113 Å². The lowest BCUT2D eigenvalue weighted by Crippen LogP contribution is -2.22. The van der Waals surface area contributed by atoms with Crippen LogP contribution in [0.25, 0.3) is 0 Å². The number of benzene rings is 2. The molecule has 0 spiro atoms. The van der Waals surface area contributed by atoms with E-state index in [0.29, 0.717) is 6.07 Å². The van der Waals surface area contributed by atoms with Crippen LogP contribution in [0.5, 0.6) is 5.75 Å². The van der Waals surface area contributed by atoms with Crippen molar-refractivity contribution in [1.82, 2.24) is 0 Å². The molecule has 2 aromatic carbocycles. The van der Waals surface area contributed by atoms with Crippen LogP contribution >= 0.6 is 0 Å². The van der Waals surface area contributed by atoms with E-state index < -0.39 is 44.2 Å². The standard InChI is InChI=1S/C17H16FNO7S/c1-25-17(20)15(14-8-7-12(19(21)22)11-16(14)18)9-10-27(23,24)26-13-5-3-2-4-6-13/h2-8,11,15H,9-10H2,1H3. The number of nitro benzene ring substituents is 1. The predicted octanol–water partition coefficient (Wildman–Crippen LogP) is 2.79. The predicted molar refractivity (Wildman–Crippen MR) is 93.3 cm³/mol. The van der Waals surface area contributed by atoms with Gasteiger partial charge in [0.15, 0.2) is 0 Å². The monoisotopic (exact) mass is 397 g/mol. The number of hydrogen-bond donors (Lipinski definition) is 0. The quantitative estimate of drug-likeness (QED) is 0.291. The zero-order valence-electron chi connectivity index (χ0n) is 14.2. The van der Waals surface area contributed by atoms with Crippen molar-refractivity contribution in [3.63, 3.8) is 0 Å². The Bertz CT molecular complexity index is 932. The molecule has 144 valence electrons. The van der Waals surface area contributed by atoms with Crippen molar-refractivity contribution in [3.8, 4) is 5.75 Å². The molecule has 0 aliphatic rings. The van der Waals surface area contributed by atoms with Crippen molar-refractivity contribution in [2.24, 2.45) is 0 Å². The molecule has 2 rings (SSSR count). The molecule has 1 unspecified atom stereocenters. The highest BCUT2D eigenvalue weighted by molar-refractivity contribution is 7.87. The summed E-state index contributed by atoms with van der Waals surface area (Å²) in [5.74, 6) is -3.60. The maximum Gasteiger partial charge on any atom is 0.313 e. The van der Waals surface area contributed by atoms with E-state index in [2.05, 4.69) is 4.74 Å². The Hall–Kier alpha value is -3.01. The lowest BCUT2D eigenvalue weighted by atomic mass is 9.95. The van der Waals surface area contributed by atoms with Crippen molar-refractivity contribution < 1.29 is 31.4 Å². The summed E-state index contributed by atoms with van der Waals surface area (Å²) >= 11 is 0. The van der Waals surface area contributed by atoms with Crippen LogP contribution in [0.15, 0.2) is 48.5 Å². The summed E-state index contributed by atoms with van der Waals surface area (Å²) in [5.41, 5.74) is -0.678. The van der Waals surface area contributed by atoms with Crippen molar-refractivity contribution >= 4 is 21.8 Å². The molecule has 0 aliphatic carbocycles. The zero-order chi connectivity index (χ0) is 20.0.